The highest BCUT2D eigenvalue weighted by Crippen LogP contribution is 2.25. The Bertz CT molecular complexity index is 315. The Labute approximate surface area is 82.7 Å². The Kier molecular flexibility index (Phi) is 3.27. The van der Waals surface area contributed by atoms with Crippen LogP contribution in [0, 0.1) is 0 Å². The number of anilines is 1. The lowest BCUT2D eigenvalue weighted by Gasteiger charge is -2.17. The number of pyridine rings is 1. The summed E-state index contributed by atoms with van der Waals surface area (Å²) in [7, 11) is 1.50. The fourth-order valence-electron chi connectivity index (χ4n) is 1.16. The van der Waals surface area contributed by atoms with Gasteiger partial charge in [-0.3, -0.25) is 0 Å². The standard InChI is InChI=1S/C9H15N3O2/c1-5(13)8(11)7-3-6(10)4-12-9(7)14-2/h3-5,8,13H,10-11H2,1-2H3. The number of hydrogen-bond donors (Lipinski definition) is 3. The molecule has 1 heterocycles. The highest BCUT2D eigenvalue weighted by molar-refractivity contribution is 5.44. The van der Waals surface area contributed by atoms with Gasteiger partial charge in [-0.2, -0.15) is 0 Å². The van der Waals surface area contributed by atoms with Gasteiger partial charge in [0.15, 0.2) is 0 Å². The van der Waals surface area contributed by atoms with Crippen LogP contribution in [-0.2, 0) is 0 Å². The molecule has 14 heavy (non-hydrogen) atoms. The molecule has 0 aliphatic heterocycles. The minimum Gasteiger partial charge on any atom is -0.481 e. The van der Waals surface area contributed by atoms with Crippen molar-refractivity contribution in [1.29, 1.82) is 0 Å². The number of methoxy groups -OCH3 is 1. The van der Waals surface area contributed by atoms with Crippen molar-refractivity contribution in [3.63, 3.8) is 0 Å². The van der Waals surface area contributed by atoms with Crippen molar-refractivity contribution >= 4 is 5.69 Å². The van der Waals surface area contributed by atoms with Gasteiger partial charge in [0.2, 0.25) is 5.88 Å². The van der Waals surface area contributed by atoms with Crippen LogP contribution in [0.25, 0.3) is 0 Å². The number of nitrogens with two attached hydrogens (primary N) is 2. The van der Waals surface area contributed by atoms with Crippen LogP contribution in [0.1, 0.15) is 18.5 Å². The molecule has 0 aliphatic rings. The van der Waals surface area contributed by atoms with Crippen LogP contribution in [0.15, 0.2) is 12.3 Å². The zero-order valence-corrected chi connectivity index (χ0v) is 8.27. The number of ether oxygens (including phenoxy) is 1. The highest BCUT2D eigenvalue weighted by Gasteiger charge is 2.17. The van der Waals surface area contributed by atoms with Gasteiger partial charge in [0.05, 0.1) is 31.1 Å². The van der Waals surface area contributed by atoms with Gasteiger partial charge in [0.1, 0.15) is 0 Å². The van der Waals surface area contributed by atoms with Crippen molar-refractivity contribution in [3.8, 4) is 5.88 Å². The zero-order valence-electron chi connectivity index (χ0n) is 8.27. The molecule has 1 aromatic heterocycles. The first-order chi connectivity index (χ1) is 6.56. The lowest BCUT2D eigenvalue weighted by atomic mass is 10.0. The van der Waals surface area contributed by atoms with Gasteiger partial charge in [0, 0.05) is 5.56 Å². The third kappa shape index (κ3) is 2.12. The van der Waals surface area contributed by atoms with Crippen molar-refractivity contribution in [3.05, 3.63) is 17.8 Å². The van der Waals surface area contributed by atoms with E-state index in [0.717, 1.165) is 0 Å². The van der Waals surface area contributed by atoms with Crippen LogP contribution in [0.2, 0.25) is 0 Å². The number of aromatic nitrogens is 1. The number of aliphatic hydroxyl groups is 1. The molecule has 0 aliphatic carbocycles. The summed E-state index contributed by atoms with van der Waals surface area (Å²) in [6.07, 6.45) is 0.810. The largest absolute Gasteiger partial charge is 0.481 e. The maximum Gasteiger partial charge on any atom is 0.218 e. The van der Waals surface area contributed by atoms with Crippen LogP contribution in [-0.4, -0.2) is 23.3 Å². The van der Waals surface area contributed by atoms with Crippen LogP contribution in [0.3, 0.4) is 0 Å². The Morgan fingerprint density at radius 2 is 2.21 bits per heavy atom. The van der Waals surface area contributed by atoms with Crippen LogP contribution < -0.4 is 16.2 Å². The predicted octanol–water partition coefficient (Wildman–Crippen LogP) is 0.0530. The number of nitrogen functional groups attached to an aromatic ring is 1. The van der Waals surface area contributed by atoms with Gasteiger partial charge in [-0.15, -0.1) is 0 Å². The fraction of sp³-hybridized carbons (Fsp3) is 0.444. The summed E-state index contributed by atoms with van der Waals surface area (Å²) in [5.74, 6) is 0.396. The molecule has 0 saturated carbocycles. The molecule has 5 N–H and O–H groups in total. The number of hydrogen-bond acceptors (Lipinski definition) is 5. The van der Waals surface area contributed by atoms with Crippen LogP contribution in [0.4, 0.5) is 5.69 Å². The van der Waals surface area contributed by atoms with Gasteiger partial charge < -0.3 is 21.3 Å². The van der Waals surface area contributed by atoms with Crippen LogP contribution >= 0.6 is 0 Å². The molecule has 0 amide bonds. The summed E-state index contributed by atoms with van der Waals surface area (Å²) >= 11 is 0. The predicted molar refractivity (Wildman–Crippen MR) is 53.8 cm³/mol. The van der Waals surface area contributed by atoms with E-state index in [-0.39, 0.29) is 0 Å². The Morgan fingerprint density at radius 3 is 2.71 bits per heavy atom. The normalized spacial score (nSPS) is 14.9. The Balaban J connectivity index is 3.10. The summed E-state index contributed by atoms with van der Waals surface area (Å²) in [5.41, 5.74) is 12.4. The maximum atomic E-state index is 9.34. The van der Waals surface area contributed by atoms with E-state index in [4.69, 9.17) is 16.2 Å². The van der Waals surface area contributed by atoms with Gasteiger partial charge in [0.25, 0.3) is 0 Å². The van der Waals surface area contributed by atoms with E-state index in [9.17, 15) is 5.11 Å². The molecular weight excluding hydrogens is 182 g/mol. The smallest absolute Gasteiger partial charge is 0.218 e. The third-order valence-corrected chi connectivity index (χ3v) is 1.97. The van der Waals surface area contributed by atoms with Crippen molar-refractivity contribution < 1.29 is 9.84 Å². The topological polar surface area (TPSA) is 94.4 Å². The molecule has 5 heteroatoms. The first kappa shape index (κ1) is 10.7. The molecule has 1 aromatic rings. The molecule has 78 valence electrons. The quantitative estimate of drug-likeness (QED) is 0.636. The number of rotatable bonds is 3. The summed E-state index contributed by atoms with van der Waals surface area (Å²) < 4.78 is 5.01. The molecule has 0 aromatic carbocycles. The first-order valence-corrected chi connectivity index (χ1v) is 4.29. The second kappa shape index (κ2) is 4.26. The Hall–Kier alpha value is -1.33. The minimum absolute atomic E-state index is 0.396. The molecule has 0 radical (unpaired) electrons. The van der Waals surface area contributed by atoms with Crippen molar-refractivity contribution in [2.75, 3.05) is 12.8 Å². The van der Waals surface area contributed by atoms with Gasteiger partial charge in [-0.1, -0.05) is 0 Å². The van der Waals surface area contributed by atoms with Gasteiger partial charge in [-0.05, 0) is 13.0 Å². The monoisotopic (exact) mass is 197 g/mol. The van der Waals surface area contributed by atoms with Crippen LogP contribution in [0.5, 0.6) is 5.88 Å². The fourth-order valence-corrected chi connectivity index (χ4v) is 1.16. The molecule has 2 atom stereocenters. The second-order valence-corrected chi connectivity index (χ2v) is 3.13. The zero-order chi connectivity index (χ0) is 10.7. The number of aliphatic hydroxyl groups excluding tert-OH is 1. The van der Waals surface area contributed by atoms with Gasteiger partial charge in [-0.25, -0.2) is 4.98 Å². The minimum atomic E-state index is -0.674. The molecule has 0 spiro atoms. The lowest BCUT2D eigenvalue weighted by molar-refractivity contribution is 0.162. The SMILES string of the molecule is COc1ncc(N)cc1C(N)C(C)O. The summed E-state index contributed by atoms with van der Waals surface area (Å²) in [6, 6.07) is 1.12. The van der Waals surface area contributed by atoms with Crippen molar-refractivity contribution in [2.45, 2.75) is 19.1 Å². The van der Waals surface area contributed by atoms with Crippen molar-refractivity contribution in [2.24, 2.45) is 5.73 Å². The Morgan fingerprint density at radius 1 is 1.57 bits per heavy atom. The van der Waals surface area contributed by atoms with Crippen molar-refractivity contribution in [1.82, 2.24) is 4.98 Å². The van der Waals surface area contributed by atoms with E-state index >= 15 is 0 Å². The van der Waals surface area contributed by atoms with Gasteiger partial charge >= 0.3 is 0 Å². The maximum absolute atomic E-state index is 9.34. The molecule has 5 nitrogen and oxygen atoms in total. The van der Waals surface area contributed by atoms with E-state index < -0.39 is 12.1 Å². The average molecular weight is 197 g/mol. The molecule has 1 rings (SSSR count). The molecule has 0 fully saturated rings. The molecular formula is C9H15N3O2. The van der Waals surface area contributed by atoms with E-state index in [1.54, 1.807) is 13.0 Å². The summed E-state index contributed by atoms with van der Waals surface area (Å²) in [4.78, 5) is 3.96. The lowest BCUT2D eigenvalue weighted by Crippen LogP contribution is -2.24. The molecule has 0 saturated heterocycles. The average Bonchev–Trinajstić information content (AvgIpc) is 2.16. The molecule has 2 unspecified atom stereocenters. The highest BCUT2D eigenvalue weighted by atomic mass is 16.5. The molecule has 0 bridgehead atoms. The van der Waals surface area contributed by atoms with E-state index in [1.807, 2.05) is 0 Å². The third-order valence-electron chi connectivity index (χ3n) is 1.97. The second-order valence-electron chi connectivity index (χ2n) is 3.13. The summed E-state index contributed by atoms with van der Waals surface area (Å²) in [6.45, 7) is 1.60. The van der Waals surface area contributed by atoms with E-state index in [2.05, 4.69) is 4.98 Å². The summed E-state index contributed by atoms with van der Waals surface area (Å²) in [5, 5.41) is 9.34. The van der Waals surface area contributed by atoms with E-state index in [1.165, 1.54) is 13.3 Å². The number of nitrogens with zero attached hydrogens (tertiary/aromatic N) is 1. The van der Waals surface area contributed by atoms with E-state index in [0.29, 0.717) is 17.1 Å². The first-order valence-electron chi connectivity index (χ1n) is 4.29.